The van der Waals surface area contributed by atoms with Crippen molar-refractivity contribution >= 4 is 5.91 Å². The summed E-state index contributed by atoms with van der Waals surface area (Å²) in [5, 5.41) is 14.0. The minimum atomic E-state index is -0.454. The number of hydrogen-bond donors (Lipinski definition) is 2. The lowest BCUT2D eigenvalue weighted by Gasteiger charge is -2.58. The number of carbonyl (C=O) groups excluding carboxylic acids is 1. The van der Waals surface area contributed by atoms with Crippen molar-refractivity contribution in [1.29, 1.82) is 0 Å². The van der Waals surface area contributed by atoms with Crippen LogP contribution in [0.4, 0.5) is 0 Å². The Morgan fingerprint density at radius 3 is 2.58 bits per heavy atom. The first kappa shape index (κ1) is 14.8. The van der Waals surface area contributed by atoms with Gasteiger partial charge >= 0.3 is 0 Å². The van der Waals surface area contributed by atoms with Crippen molar-refractivity contribution in [1.82, 2.24) is 15.3 Å². The molecule has 24 heavy (non-hydrogen) atoms. The zero-order valence-corrected chi connectivity index (χ0v) is 14.2. The standard InChI is InChI=1S/C19H25N3O2/c1-10-20-9-15(17(21-10)12-2-3-12)18(23)22-16-13-4-11-5-14(16)8-19(24,6-11)7-13/h9,11-14,16,24H,2-8H2,1H3,(H,22,23)/t11?,13?,14?,16-,19+. The lowest BCUT2D eigenvalue weighted by Crippen LogP contribution is -2.61. The maximum atomic E-state index is 12.9. The summed E-state index contributed by atoms with van der Waals surface area (Å²) >= 11 is 0. The highest BCUT2D eigenvalue weighted by Gasteiger charge is 2.55. The zero-order valence-electron chi connectivity index (χ0n) is 14.2. The first-order chi connectivity index (χ1) is 11.5. The molecule has 0 saturated heterocycles. The van der Waals surface area contributed by atoms with E-state index in [9.17, 15) is 9.90 Å². The van der Waals surface area contributed by atoms with E-state index in [1.807, 2.05) is 6.92 Å². The molecule has 5 aliphatic rings. The maximum absolute atomic E-state index is 12.9. The quantitative estimate of drug-likeness (QED) is 0.893. The van der Waals surface area contributed by atoms with Gasteiger partial charge in [-0.1, -0.05) is 0 Å². The second-order valence-electron chi connectivity index (χ2n) is 8.68. The number of hydrogen-bond acceptors (Lipinski definition) is 4. The van der Waals surface area contributed by atoms with Crippen LogP contribution >= 0.6 is 0 Å². The normalized spacial score (nSPS) is 39.9. The lowest BCUT2D eigenvalue weighted by molar-refractivity contribution is -0.136. The summed E-state index contributed by atoms with van der Waals surface area (Å²) in [4.78, 5) is 21.7. The van der Waals surface area contributed by atoms with Gasteiger partial charge in [0.25, 0.3) is 5.91 Å². The van der Waals surface area contributed by atoms with Crippen LogP contribution in [-0.4, -0.2) is 32.6 Å². The highest BCUT2D eigenvalue weighted by Crippen LogP contribution is 2.55. The first-order valence-corrected chi connectivity index (χ1v) is 9.37. The van der Waals surface area contributed by atoms with Gasteiger partial charge < -0.3 is 10.4 Å². The average Bonchev–Trinajstić information content (AvgIpc) is 3.33. The van der Waals surface area contributed by atoms with Gasteiger partial charge in [-0.2, -0.15) is 0 Å². The molecule has 1 amide bonds. The fourth-order valence-electron chi connectivity index (χ4n) is 5.78. The Bertz CT molecular complexity index is 684. The molecule has 6 rings (SSSR count). The Labute approximate surface area is 142 Å². The minimum Gasteiger partial charge on any atom is -0.390 e. The largest absolute Gasteiger partial charge is 0.390 e. The van der Waals surface area contributed by atoms with Crippen LogP contribution in [0.2, 0.25) is 0 Å². The van der Waals surface area contributed by atoms with Crippen molar-refractivity contribution < 1.29 is 9.90 Å². The predicted molar refractivity (Wildman–Crippen MR) is 88.5 cm³/mol. The third kappa shape index (κ3) is 2.36. The molecule has 5 fully saturated rings. The number of nitrogens with one attached hydrogen (secondary N) is 1. The molecule has 0 aliphatic heterocycles. The van der Waals surface area contributed by atoms with Gasteiger partial charge in [-0.05, 0) is 69.6 Å². The molecule has 5 heteroatoms. The van der Waals surface area contributed by atoms with E-state index >= 15 is 0 Å². The van der Waals surface area contributed by atoms with Crippen LogP contribution in [0.25, 0.3) is 0 Å². The molecule has 0 spiro atoms. The van der Waals surface area contributed by atoms with Gasteiger partial charge in [-0.25, -0.2) is 9.97 Å². The third-order valence-electron chi connectivity index (χ3n) is 6.69. The van der Waals surface area contributed by atoms with Crippen molar-refractivity contribution in [2.45, 2.75) is 69.4 Å². The fraction of sp³-hybridized carbons (Fsp3) is 0.737. The van der Waals surface area contributed by atoms with Gasteiger partial charge in [0.2, 0.25) is 0 Å². The van der Waals surface area contributed by atoms with E-state index in [-0.39, 0.29) is 11.9 Å². The highest BCUT2D eigenvalue weighted by molar-refractivity contribution is 5.95. The summed E-state index contributed by atoms with van der Waals surface area (Å²) in [6.07, 6.45) is 8.94. The monoisotopic (exact) mass is 327 g/mol. The summed E-state index contributed by atoms with van der Waals surface area (Å²) in [5.41, 5.74) is 1.14. The number of rotatable bonds is 3. The number of carbonyl (C=O) groups is 1. The summed E-state index contributed by atoms with van der Waals surface area (Å²) in [6.45, 7) is 1.88. The summed E-state index contributed by atoms with van der Waals surface area (Å²) in [5.74, 6) is 2.69. The molecule has 0 radical (unpaired) electrons. The van der Waals surface area contributed by atoms with E-state index in [4.69, 9.17) is 0 Å². The van der Waals surface area contributed by atoms with Crippen LogP contribution in [0.1, 0.15) is 72.7 Å². The van der Waals surface area contributed by atoms with E-state index < -0.39 is 5.60 Å². The molecule has 5 nitrogen and oxygen atoms in total. The first-order valence-electron chi connectivity index (χ1n) is 9.37. The molecule has 5 aliphatic carbocycles. The zero-order chi connectivity index (χ0) is 16.5. The van der Waals surface area contributed by atoms with Crippen molar-refractivity contribution in [2.75, 3.05) is 0 Å². The van der Waals surface area contributed by atoms with Crippen LogP contribution < -0.4 is 5.32 Å². The van der Waals surface area contributed by atoms with Gasteiger partial charge in [0.1, 0.15) is 5.82 Å². The Morgan fingerprint density at radius 1 is 1.25 bits per heavy atom. The van der Waals surface area contributed by atoms with E-state index in [1.165, 1.54) is 0 Å². The molecule has 5 saturated carbocycles. The predicted octanol–water partition coefficient (Wildman–Crippen LogP) is 2.33. The lowest BCUT2D eigenvalue weighted by atomic mass is 9.52. The van der Waals surface area contributed by atoms with E-state index in [1.54, 1.807) is 6.20 Å². The Hall–Kier alpha value is -1.49. The summed E-state index contributed by atoms with van der Waals surface area (Å²) in [7, 11) is 0. The molecule has 2 N–H and O–H groups in total. The second-order valence-corrected chi connectivity index (χ2v) is 8.68. The van der Waals surface area contributed by atoms with Gasteiger partial charge in [-0.3, -0.25) is 4.79 Å². The molecule has 128 valence electrons. The van der Waals surface area contributed by atoms with Gasteiger partial charge in [0.15, 0.2) is 0 Å². The molecule has 2 unspecified atom stereocenters. The second kappa shape index (κ2) is 5.01. The summed E-state index contributed by atoms with van der Waals surface area (Å²) in [6, 6.07) is 0.211. The maximum Gasteiger partial charge on any atom is 0.254 e. The molecule has 0 aromatic carbocycles. The molecular formula is C19H25N3O2. The van der Waals surface area contributed by atoms with Crippen LogP contribution in [-0.2, 0) is 0 Å². The molecule has 2 atom stereocenters. The molecule has 1 heterocycles. The number of amides is 1. The van der Waals surface area contributed by atoms with Crippen LogP contribution in [0.5, 0.6) is 0 Å². The smallest absolute Gasteiger partial charge is 0.254 e. The van der Waals surface area contributed by atoms with E-state index in [2.05, 4.69) is 15.3 Å². The third-order valence-corrected chi connectivity index (χ3v) is 6.69. The van der Waals surface area contributed by atoms with Crippen LogP contribution in [0.15, 0.2) is 6.20 Å². The van der Waals surface area contributed by atoms with Gasteiger partial charge in [0, 0.05) is 18.2 Å². The fourth-order valence-corrected chi connectivity index (χ4v) is 5.78. The molecule has 1 aromatic rings. The Kier molecular flexibility index (Phi) is 3.09. The number of aliphatic hydroxyl groups is 1. The molecule has 4 bridgehead atoms. The molecular weight excluding hydrogens is 302 g/mol. The SMILES string of the molecule is Cc1ncc(C(=O)N[C@H]2C3CC4CC2C[C@@](O)(C4)C3)c(C2CC2)n1. The van der Waals surface area contributed by atoms with Crippen molar-refractivity contribution in [3.05, 3.63) is 23.3 Å². The molecule has 1 aromatic heterocycles. The van der Waals surface area contributed by atoms with Crippen LogP contribution in [0, 0.1) is 24.7 Å². The topological polar surface area (TPSA) is 75.1 Å². The van der Waals surface area contributed by atoms with E-state index in [0.717, 1.165) is 56.5 Å². The van der Waals surface area contributed by atoms with Crippen molar-refractivity contribution in [3.8, 4) is 0 Å². The summed E-state index contributed by atoms with van der Waals surface area (Å²) < 4.78 is 0. The Balaban J connectivity index is 1.38. The van der Waals surface area contributed by atoms with Crippen molar-refractivity contribution in [2.24, 2.45) is 17.8 Å². The Morgan fingerprint density at radius 2 is 1.96 bits per heavy atom. The number of aryl methyl sites for hydroxylation is 1. The highest BCUT2D eigenvalue weighted by atomic mass is 16.3. The van der Waals surface area contributed by atoms with E-state index in [0.29, 0.717) is 29.2 Å². The number of aromatic nitrogens is 2. The van der Waals surface area contributed by atoms with Crippen LogP contribution in [0.3, 0.4) is 0 Å². The van der Waals surface area contributed by atoms with Gasteiger partial charge in [0.05, 0.1) is 16.9 Å². The minimum absolute atomic E-state index is 0.0126. The number of nitrogens with zero attached hydrogens (tertiary/aromatic N) is 2. The van der Waals surface area contributed by atoms with Crippen molar-refractivity contribution in [3.63, 3.8) is 0 Å². The van der Waals surface area contributed by atoms with Gasteiger partial charge in [-0.15, -0.1) is 0 Å². The average molecular weight is 327 g/mol.